The lowest BCUT2D eigenvalue weighted by atomic mass is 9.64. The third-order valence-corrected chi connectivity index (χ3v) is 12.2. The van der Waals surface area contributed by atoms with Crippen molar-refractivity contribution in [3.8, 4) is 0 Å². The Bertz CT molecular complexity index is 1770. The summed E-state index contributed by atoms with van der Waals surface area (Å²) in [5.74, 6) is -0.0844. The molecule has 3 aliphatic carbocycles. The predicted molar refractivity (Wildman–Crippen MR) is 199 cm³/mol. The van der Waals surface area contributed by atoms with Gasteiger partial charge in [0, 0.05) is 22.4 Å². The number of fused-ring (bicyclic) bond motifs is 8. The van der Waals surface area contributed by atoms with Crippen molar-refractivity contribution in [1.29, 1.82) is 0 Å². The van der Waals surface area contributed by atoms with E-state index in [9.17, 15) is 19.8 Å². The third-order valence-electron chi connectivity index (χ3n) is 11.2. The number of nitrogens with one attached hydrogen (secondary N) is 1. The van der Waals surface area contributed by atoms with E-state index in [4.69, 9.17) is 4.42 Å². The van der Waals surface area contributed by atoms with Crippen LogP contribution in [-0.4, -0.2) is 51.7 Å². The first kappa shape index (κ1) is 35.8. The molecule has 0 unspecified atom stereocenters. The first-order chi connectivity index (χ1) is 24.1. The molecule has 2 bridgehead atoms. The minimum absolute atomic E-state index is 0.150. The average Bonchev–Trinajstić information content (AvgIpc) is 3.89. The van der Waals surface area contributed by atoms with Gasteiger partial charge in [0.05, 0.1) is 30.6 Å². The first-order valence-electron chi connectivity index (χ1n) is 18.0. The highest BCUT2D eigenvalue weighted by Crippen LogP contribution is 2.59. The molecule has 7 rings (SSSR count). The Balaban J connectivity index is 1.37. The summed E-state index contributed by atoms with van der Waals surface area (Å²) in [4.78, 5) is 31.1. The number of carbonyl (C=O) groups is 2. The summed E-state index contributed by atoms with van der Waals surface area (Å²) in [6.07, 6.45) is 8.34. The van der Waals surface area contributed by atoms with Crippen LogP contribution in [0.3, 0.4) is 0 Å². The third kappa shape index (κ3) is 7.83. The van der Waals surface area contributed by atoms with Crippen molar-refractivity contribution in [2.24, 2.45) is 5.41 Å². The number of aliphatic hydroxyl groups excluding tert-OH is 1. The zero-order chi connectivity index (χ0) is 35.3. The van der Waals surface area contributed by atoms with Crippen molar-refractivity contribution in [3.63, 3.8) is 0 Å². The van der Waals surface area contributed by atoms with Crippen molar-refractivity contribution in [3.05, 3.63) is 129 Å². The summed E-state index contributed by atoms with van der Waals surface area (Å²) in [6, 6.07) is 23.0. The lowest BCUT2D eigenvalue weighted by Crippen LogP contribution is -2.56. The molecule has 2 amide bonds. The molecule has 1 fully saturated rings. The standard InChI is InChI=1S/C42H50N2O5S/c1-29-10-7-21-41(3)37(35-18-16-31(26-33(45)17-15-29)27-36(35)39(46)38-14-8-24-49-38)19-22-42(41,48)28-44(23-20-34-13-9-25-50-34)40(47)43-30(2)32-11-5-4-6-12-32/h4-6,8-14,16,18,24-25,27,30,33,37,45,48H,7,15,17,19-23,26,28H2,1-3H3,(H,43,47)/t30-,33+,37+,41+,42-/m1/s1. The van der Waals surface area contributed by atoms with Gasteiger partial charge in [0.25, 0.3) is 0 Å². The van der Waals surface area contributed by atoms with Crippen LogP contribution >= 0.6 is 11.3 Å². The number of carbonyl (C=O) groups excluding carboxylic acids is 2. The summed E-state index contributed by atoms with van der Waals surface area (Å²) < 4.78 is 5.58. The largest absolute Gasteiger partial charge is 0.461 e. The Morgan fingerprint density at radius 3 is 2.62 bits per heavy atom. The predicted octanol–water partition coefficient (Wildman–Crippen LogP) is 8.63. The zero-order valence-corrected chi connectivity index (χ0v) is 30.3. The van der Waals surface area contributed by atoms with E-state index in [1.165, 1.54) is 16.7 Å². The van der Waals surface area contributed by atoms with E-state index in [1.54, 1.807) is 28.4 Å². The number of nitrogens with zero attached hydrogens (tertiary/aromatic N) is 1. The van der Waals surface area contributed by atoms with Gasteiger partial charge in [-0.1, -0.05) is 67.1 Å². The molecule has 2 aromatic carbocycles. The molecule has 4 aromatic rings. The molecule has 2 aromatic heterocycles. The molecular weight excluding hydrogens is 645 g/mol. The molecule has 8 heteroatoms. The lowest BCUT2D eigenvalue weighted by Gasteiger charge is -2.46. The maximum atomic E-state index is 14.1. The van der Waals surface area contributed by atoms with Crippen molar-refractivity contribution < 1.29 is 24.2 Å². The molecular formula is C42H50N2O5S. The van der Waals surface area contributed by atoms with Crippen LogP contribution in [0.5, 0.6) is 0 Å². The number of hydrogen-bond donors (Lipinski definition) is 3. The maximum Gasteiger partial charge on any atom is 0.317 e. The highest BCUT2D eigenvalue weighted by Gasteiger charge is 2.57. The number of thiophene rings is 1. The van der Waals surface area contributed by atoms with Gasteiger partial charge < -0.3 is 24.8 Å². The fraction of sp³-hybridized carbons (Fsp3) is 0.429. The number of ketones is 1. The second-order valence-electron chi connectivity index (χ2n) is 14.6. The zero-order valence-electron chi connectivity index (χ0n) is 29.4. The average molecular weight is 695 g/mol. The Labute approximate surface area is 300 Å². The summed E-state index contributed by atoms with van der Waals surface area (Å²) in [7, 11) is 0. The van der Waals surface area contributed by atoms with Gasteiger partial charge in [-0.25, -0.2) is 4.79 Å². The number of benzene rings is 2. The van der Waals surface area contributed by atoms with Crippen LogP contribution in [0.1, 0.15) is 109 Å². The monoisotopic (exact) mass is 694 g/mol. The number of allylic oxidation sites excluding steroid dienone is 2. The van der Waals surface area contributed by atoms with Crippen LogP contribution in [0.4, 0.5) is 4.79 Å². The van der Waals surface area contributed by atoms with Crippen LogP contribution in [0.25, 0.3) is 0 Å². The van der Waals surface area contributed by atoms with E-state index in [0.717, 1.165) is 29.5 Å². The molecule has 0 aliphatic heterocycles. The van der Waals surface area contributed by atoms with Crippen molar-refractivity contribution in [2.75, 3.05) is 13.1 Å². The second kappa shape index (κ2) is 15.5. The van der Waals surface area contributed by atoms with Crippen molar-refractivity contribution >= 4 is 23.2 Å². The molecule has 0 spiro atoms. The molecule has 3 aliphatic rings. The number of aliphatic hydroxyl groups is 2. The molecule has 2 heterocycles. The van der Waals surface area contributed by atoms with Gasteiger partial charge in [0.15, 0.2) is 5.76 Å². The second-order valence-corrected chi connectivity index (χ2v) is 15.6. The fourth-order valence-electron chi connectivity index (χ4n) is 8.11. The van der Waals surface area contributed by atoms with Crippen molar-refractivity contribution in [1.82, 2.24) is 10.2 Å². The van der Waals surface area contributed by atoms with E-state index in [1.807, 2.05) is 66.9 Å². The Hall–Kier alpha value is -3.98. The minimum atomic E-state index is -1.22. The van der Waals surface area contributed by atoms with Gasteiger partial charge in [-0.3, -0.25) is 4.79 Å². The molecule has 7 nitrogen and oxygen atoms in total. The molecule has 50 heavy (non-hydrogen) atoms. The van der Waals surface area contributed by atoms with Gasteiger partial charge in [-0.05, 0) is 117 Å². The molecule has 0 radical (unpaired) electrons. The Kier molecular flexibility index (Phi) is 11.1. The van der Waals surface area contributed by atoms with Gasteiger partial charge in [0.2, 0.25) is 5.78 Å². The van der Waals surface area contributed by atoms with Crippen molar-refractivity contribution in [2.45, 2.75) is 95.8 Å². The van der Waals surface area contributed by atoms with Crippen LogP contribution in [0, 0.1) is 5.41 Å². The van der Waals surface area contributed by atoms with E-state index < -0.39 is 17.1 Å². The number of hydrogen-bond acceptors (Lipinski definition) is 6. The van der Waals surface area contributed by atoms with Gasteiger partial charge in [-0.2, -0.15) is 0 Å². The minimum Gasteiger partial charge on any atom is -0.461 e. The van der Waals surface area contributed by atoms with Crippen LogP contribution < -0.4 is 5.32 Å². The normalized spacial score (nSPS) is 24.5. The molecule has 0 saturated heterocycles. The Morgan fingerprint density at radius 1 is 1.06 bits per heavy atom. The highest BCUT2D eigenvalue weighted by atomic mass is 32.1. The van der Waals surface area contributed by atoms with E-state index in [2.05, 4.69) is 31.3 Å². The van der Waals surface area contributed by atoms with Crippen LogP contribution in [0.15, 0.2) is 101 Å². The number of urea groups is 1. The van der Waals surface area contributed by atoms with Crippen LogP contribution in [-0.2, 0) is 12.8 Å². The molecule has 3 N–H and O–H groups in total. The van der Waals surface area contributed by atoms with E-state index in [-0.39, 0.29) is 36.1 Å². The summed E-state index contributed by atoms with van der Waals surface area (Å²) >= 11 is 1.67. The molecule has 264 valence electrons. The topological polar surface area (TPSA) is 103 Å². The van der Waals surface area contributed by atoms with E-state index >= 15 is 0 Å². The van der Waals surface area contributed by atoms with Crippen LogP contribution in [0.2, 0.25) is 0 Å². The van der Waals surface area contributed by atoms with Gasteiger partial charge in [-0.15, -0.1) is 11.3 Å². The summed E-state index contributed by atoms with van der Waals surface area (Å²) in [5.41, 5.74) is 2.68. The summed E-state index contributed by atoms with van der Waals surface area (Å²) in [5, 5.41) is 29.1. The van der Waals surface area contributed by atoms with E-state index in [0.29, 0.717) is 50.6 Å². The highest BCUT2D eigenvalue weighted by molar-refractivity contribution is 7.09. The first-order valence-corrected chi connectivity index (χ1v) is 18.8. The quantitative estimate of drug-likeness (QED) is 0.120. The summed E-state index contributed by atoms with van der Waals surface area (Å²) in [6.45, 7) is 6.89. The van der Waals surface area contributed by atoms with Gasteiger partial charge >= 0.3 is 6.03 Å². The van der Waals surface area contributed by atoms with Gasteiger partial charge in [0.1, 0.15) is 0 Å². The number of rotatable bonds is 9. The lowest BCUT2D eigenvalue weighted by molar-refractivity contribution is -0.0769. The molecule has 1 saturated carbocycles. The SMILES string of the molecule is CC1=CCC[C@@]2(C)[C@@H](CC[C@@]2(O)CN(CCc2cccs2)C(=O)N[C@H](C)c2ccccc2)c2ccc(cc2C(=O)c2ccco2)C[C@@H](O)CC1. The number of furan rings is 1. The Morgan fingerprint density at radius 2 is 1.88 bits per heavy atom. The number of amides is 2. The maximum absolute atomic E-state index is 14.1. The smallest absolute Gasteiger partial charge is 0.317 e. The fourth-order valence-corrected chi connectivity index (χ4v) is 8.81. The molecule has 5 atom stereocenters.